The molecule has 4 aromatic rings. The summed E-state index contributed by atoms with van der Waals surface area (Å²) in [6.07, 6.45) is 0. The summed E-state index contributed by atoms with van der Waals surface area (Å²) in [5.74, 6) is 0.508. The zero-order chi connectivity index (χ0) is 30.0. The smallest absolute Gasteiger partial charge is 0.256 e. The van der Waals surface area contributed by atoms with Crippen LogP contribution >= 0.6 is 0 Å². The van der Waals surface area contributed by atoms with Gasteiger partial charge in [-0.15, -0.1) is 0 Å². The number of nitrogens with one attached hydrogen (secondary N) is 1. The molecule has 0 radical (unpaired) electrons. The number of carbonyl (C=O) groups is 1. The monoisotopic (exact) mass is 547 g/mol. The van der Waals surface area contributed by atoms with Crippen LogP contribution in [0.5, 0.6) is 0 Å². The Bertz CT molecular complexity index is 1430. The Morgan fingerprint density at radius 1 is 0.585 bits per heavy atom. The number of benzene rings is 4. The molecule has 0 aliphatic heterocycles. The summed E-state index contributed by atoms with van der Waals surface area (Å²) in [5, 5.41) is 3.31. The van der Waals surface area contributed by atoms with E-state index in [1.165, 1.54) is 0 Å². The van der Waals surface area contributed by atoms with Gasteiger partial charge in [0.15, 0.2) is 0 Å². The Morgan fingerprint density at radius 3 is 1.32 bits per heavy atom. The van der Waals surface area contributed by atoms with Gasteiger partial charge in [0.05, 0.1) is 5.56 Å². The summed E-state index contributed by atoms with van der Waals surface area (Å²) in [4.78, 5) is 14.7. The van der Waals surface area contributed by atoms with Crippen molar-refractivity contribution in [2.45, 2.75) is 79.1 Å². The van der Waals surface area contributed by atoms with Crippen LogP contribution in [0, 0.1) is 0 Å². The Kier molecular flexibility index (Phi) is 8.92. The lowest BCUT2D eigenvalue weighted by Gasteiger charge is -2.28. The van der Waals surface area contributed by atoms with Gasteiger partial charge in [0, 0.05) is 28.2 Å². The van der Waals surface area contributed by atoms with Crippen molar-refractivity contribution in [3.05, 3.63) is 101 Å². The van der Waals surface area contributed by atoms with Crippen LogP contribution < -0.4 is 16.8 Å². The summed E-state index contributed by atoms with van der Waals surface area (Å²) >= 11 is 0. The maximum atomic E-state index is 14.7. The van der Waals surface area contributed by atoms with Gasteiger partial charge in [-0.2, -0.15) is 0 Å². The van der Waals surface area contributed by atoms with E-state index >= 15 is 0 Å². The zero-order valence-corrected chi connectivity index (χ0v) is 25.8. The van der Waals surface area contributed by atoms with E-state index in [1.54, 1.807) is 0 Å². The van der Waals surface area contributed by atoms with E-state index in [2.05, 4.69) is 85.0 Å². The van der Waals surface area contributed by atoms with Crippen molar-refractivity contribution in [2.75, 3.05) is 16.8 Å². The highest BCUT2D eigenvalue weighted by Crippen LogP contribution is 2.47. The molecular weight excluding hydrogens is 502 g/mol. The molecule has 4 rings (SSSR count). The van der Waals surface area contributed by atoms with Crippen molar-refractivity contribution in [3.8, 4) is 22.3 Å². The van der Waals surface area contributed by atoms with Gasteiger partial charge < -0.3 is 16.8 Å². The second-order valence-electron chi connectivity index (χ2n) is 12.2. The molecule has 1 amide bonds. The number of nitrogen functional groups attached to an aromatic ring is 2. The lowest BCUT2D eigenvalue weighted by molar-refractivity contribution is 0.102. The molecule has 5 N–H and O–H groups in total. The molecule has 0 saturated heterocycles. The van der Waals surface area contributed by atoms with E-state index in [4.69, 9.17) is 11.5 Å². The van der Waals surface area contributed by atoms with Crippen LogP contribution in [0.15, 0.2) is 72.8 Å². The number of amides is 1. The summed E-state index contributed by atoms with van der Waals surface area (Å²) in [7, 11) is 0. The van der Waals surface area contributed by atoms with Crippen molar-refractivity contribution < 1.29 is 4.79 Å². The van der Waals surface area contributed by atoms with Crippen LogP contribution in [0.2, 0.25) is 0 Å². The SMILES string of the molecule is CC(C)c1cc(NC(=O)c2c(-c3ccccc3)c(C(C)C)c(N)c(C(C)C)c2-c2ccccc2)cc(C(C)C)c1N. The molecule has 4 aromatic carbocycles. The van der Waals surface area contributed by atoms with Gasteiger partial charge in [0.2, 0.25) is 0 Å². The van der Waals surface area contributed by atoms with Crippen molar-refractivity contribution >= 4 is 23.0 Å². The fourth-order valence-electron chi connectivity index (χ4n) is 5.96. The number of anilines is 3. The molecule has 0 atom stereocenters. The molecule has 0 unspecified atom stereocenters. The summed E-state index contributed by atoms with van der Waals surface area (Å²) in [6.45, 7) is 17.1. The quantitative estimate of drug-likeness (QED) is 0.192. The van der Waals surface area contributed by atoms with E-state index in [9.17, 15) is 4.79 Å². The lowest BCUT2D eigenvalue weighted by atomic mass is 9.77. The van der Waals surface area contributed by atoms with Crippen molar-refractivity contribution in [1.82, 2.24) is 0 Å². The first-order chi connectivity index (χ1) is 19.4. The van der Waals surface area contributed by atoms with Crippen LogP contribution in [0.4, 0.5) is 17.1 Å². The van der Waals surface area contributed by atoms with Gasteiger partial charge in [0.25, 0.3) is 5.91 Å². The van der Waals surface area contributed by atoms with Crippen LogP contribution in [0.3, 0.4) is 0 Å². The molecule has 0 saturated carbocycles. The highest BCUT2D eigenvalue weighted by Gasteiger charge is 2.30. The Labute approximate surface area is 246 Å². The number of hydrogen-bond donors (Lipinski definition) is 3. The molecule has 41 heavy (non-hydrogen) atoms. The first-order valence-corrected chi connectivity index (χ1v) is 14.8. The third-order valence-corrected chi connectivity index (χ3v) is 7.87. The minimum absolute atomic E-state index is 0.107. The second-order valence-corrected chi connectivity index (χ2v) is 12.2. The molecule has 0 bridgehead atoms. The Morgan fingerprint density at radius 2 is 0.976 bits per heavy atom. The highest BCUT2D eigenvalue weighted by atomic mass is 16.1. The predicted molar refractivity (Wildman–Crippen MR) is 177 cm³/mol. The largest absolute Gasteiger partial charge is 0.398 e. The molecule has 4 nitrogen and oxygen atoms in total. The first-order valence-electron chi connectivity index (χ1n) is 14.8. The maximum Gasteiger partial charge on any atom is 0.256 e. The topological polar surface area (TPSA) is 81.1 Å². The average molecular weight is 548 g/mol. The molecule has 4 heteroatoms. The van der Waals surface area contributed by atoms with Crippen molar-refractivity contribution in [3.63, 3.8) is 0 Å². The molecule has 214 valence electrons. The van der Waals surface area contributed by atoms with Crippen molar-refractivity contribution in [1.29, 1.82) is 0 Å². The van der Waals surface area contributed by atoms with Gasteiger partial charge >= 0.3 is 0 Å². The molecule has 0 aromatic heterocycles. The Hall–Kier alpha value is -4.05. The maximum absolute atomic E-state index is 14.7. The molecule has 0 aliphatic carbocycles. The fourth-order valence-corrected chi connectivity index (χ4v) is 5.96. The number of carbonyl (C=O) groups excluding carboxylic acids is 1. The normalized spacial score (nSPS) is 11.6. The predicted octanol–water partition coefficient (Wildman–Crippen LogP) is 9.93. The number of nitrogens with two attached hydrogens (primary N) is 2. The van der Waals surface area contributed by atoms with E-state index in [-0.39, 0.29) is 29.6 Å². The molecule has 0 heterocycles. The first kappa shape index (κ1) is 29.9. The number of hydrogen-bond acceptors (Lipinski definition) is 3. The van der Waals surface area contributed by atoms with E-state index in [1.807, 2.05) is 48.5 Å². The Balaban J connectivity index is 2.10. The highest BCUT2D eigenvalue weighted by molar-refractivity contribution is 6.15. The van der Waals surface area contributed by atoms with Gasteiger partial charge in [0.1, 0.15) is 0 Å². The lowest BCUT2D eigenvalue weighted by Crippen LogP contribution is -2.20. The third kappa shape index (κ3) is 5.88. The van der Waals surface area contributed by atoms with Crippen LogP contribution in [-0.2, 0) is 0 Å². The molecule has 0 spiro atoms. The molecule has 0 aliphatic rings. The summed E-state index contributed by atoms with van der Waals surface area (Å²) in [6, 6.07) is 24.4. The average Bonchev–Trinajstić information content (AvgIpc) is 2.93. The molecular formula is C37H45N3O. The van der Waals surface area contributed by atoms with Crippen LogP contribution in [0.25, 0.3) is 22.3 Å². The second kappa shape index (κ2) is 12.2. The fraction of sp³-hybridized carbons (Fsp3) is 0.324. The van der Waals surface area contributed by atoms with E-state index in [0.29, 0.717) is 5.56 Å². The van der Waals surface area contributed by atoms with E-state index < -0.39 is 0 Å². The number of rotatable bonds is 8. The van der Waals surface area contributed by atoms with Gasteiger partial charge in [-0.05, 0) is 69.2 Å². The zero-order valence-electron chi connectivity index (χ0n) is 25.8. The van der Waals surface area contributed by atoms with Crippen LogP contribution in [0.1, 0.15) is 112 Å². The van der Waals surface area contributed by atoms with Crippen molar-refractivity contribution in [2.24, 2.45) is 0 Å². The summed E-state index contributed by atoms with van der Waals surface area (Å²) < 4.78 is 0. The third-order valence-electron chi connectivity index (χ3n) is 7.87. The standard InChI is InChI=1S/C37H45N3O/c1-21(2)28-19-27(20-29(22(3)4)35(28)38)40-37(41)34-32(25-15-11-9-12-16-25)30(23(5)6)36(39)31(24(7)8)33(34)26-17-13-10-14-18-26/h9-24H,38-39H2,1-8H3,(H,40,41). The summed E-state index contributed by atoms with van der Waals surface area (Å²) in [5.41, 5.74) is 24.5. The minimum atomic E-state index is -0.152. The van der Waals surface area contributed by atoms with Gasteiger partial charge in [-0.25, -0.2) is 0 Å². The molecule has 0 fully saturated rings. The van der Waals surface area contributed by atoms with E-state index in [0.717, 1.165) is 61.6 Å². The van der Waals surface area contributed by atoms with Gasteiger partial charge in [-0.3, -0.25) is 4.79 Å². The van der Waals surface area contributed by atoms with Gasteiger partial charge in [-0.1, -0.05) is 116 Å². The minimum Gasteiger partial charge on any atom is -0.398 e. The van der Waals surface area contributed by atoms with Crippen LogP contribution in [-0.4, -0.2) is 5.91 Å².